The largest absolute Gasteiger partial charge is 0.271 e. The molecule has 0 saturated heterocycles. The maximum Gasteiger partial charge on any atom is 0.166 e. The second-order valence-electron chi connectivity index (χ2n) is 5.28. The van der Waals surface area contributed by atoms with Gasteiger partial charge in [-0.1, -0.05) is 19.1 Å². The second-order valence-corrected chi connectivity index (χ2v) is 6.20. The monoisotopic (exact) mass is 356 g/mol. The summed E-state index contributed by atoms with van der Waals surface area (Å²) in [4.78, 5) is 9.11. The zero-order chi connectivity index (χ0) is 15.1. The van der Waals surface area contributed by atoms with Crippen LogP contribution in [0.3, 0.4) is 0 Å². The molecule has 1 aromatic carbocycles. The van der Waals surface area contributed by atoms with Gasteiger partial charge in [0.25, 0.3) is 0 Å². The van der Waals surface area contributed by atoms with Crippen molar-refractivity contribution in [3.05, 3.63) is 53.3 Å². The molecule has 0 radical (unpaired) electrons. The summed E-state index contributed by atoms with van der Waals surface area (Å²) in [5, 5.41) is 9.85. The number of halogens is 1. The normalized spacial score (nSPS) is 13.0. The summed E-state index contributed by atoms with van der Waals surface area (Å²) in [6, 6.07) is 7.96. The summed E-state index contributed by atoms with van der Waals surface area (Å²) < 4.78 is 4.60. The molecule has 4 rings (SSSR count). The van der Waals surface area contributed by atoms with E-state index in [0.717, 1.165) is 33.4 Å². The molecule has 0 bridgehead atoms. The first-order valence-corrected chi connectivity index (χ1v) is 7.78. The first-order valence-electron chi connectivity index (χ1n) is 6.99. The number of para-hydroxylation sites is 1. The van der Waals surface area contributed by atoms with Crippen LogP contribution < -0.4 is 0 Å². The predicted octanol–water partition coefficient (Wildman–Crippen LogP) is 3.04. The predicted molar refractivity (Wildman–Crippen MR) is 86.6 cm³/mol. The molecular formula is C15H13BrN6. The van der Waals surface area contributed by atoms with Gasteiger partial charge in [0.1, 0.15) is 6.33 Å². The van der Waals surface area contributed by atoms with Gasteiger partial charge < -0.3 is 0 Å². The lowest BCUT2D eigenvalue weighted by atomic mass is 10.2. The topological polar surface area (TPSA) is 60.9 Å². The molecule has 0 saturated carbocycles. The van der Waals surface area contributed by atoms with Crippen molar-refractivity contribution < 1.29 is 0 Å². The molecule has 4 aromatic rings. The van der Waals surface area contributed by atoms with Crippen LogP contribution in [0, 0.1) is 0 Å². The highest BCUT2D eigenvalue weighted by atomic mass is 79.9. The second kappa shape index (κ2) is 5.17. The standard InChI is InChI=1S/C15H13BrN6/c1-10(7-21-8-11(16)6-18-21)14-19-15-12-4-2-3-5-13(12)17-9-22(15)20-14/h2-6,8-10H,7H2,1H3/t10-/m0/s1. The Balaban J connectivity index is 1.74. The van der Waals surface area contributed by atoms with E-state index in [2.05, 4.69) is 38.0 Å². The zero-order valence-electron chi connectivity index (χ0n) is 11.9. The third-order valence-electron chi connectivity index (χ3n) is 3.60. The van der Waals surface area contributed by atoms with E-state index in [1.54, 1.807) is 17.0 Å². The van der Waals surface area contributed by atoms with Crippen LogP contribution in [0.4, 0.5) is 0 Å². The van der Waals surface area contributed by atoms with Crippen molar-refractivity contribution in [2.24, 2.45) is 0 Å². The maximum absolute atomic E-state index is 4.70. The molecule has 0 amide bonds. The van der Waals surface area contributed by atoms with E-state index in [-0.39, 0.29) is 5.92 Å². The summed E-state index contributed by atoms with van der Waals surface area (Å²) in [7, 11) is 0. The summed E-state index contributed by atoms with van der Waals surface area (Å²) in [6.07, 6.45) is 5.44. The molecule has 3 heterocycles. The molecule has 110 valence electrons. The molecule has 0 fully saturated rings. The Morgan fingerprint density at radius 3 is 2.95 bits per heavy atom. The highest BCUT2D eigenvalue weighted by Gasteiger charge is 2.15. The van der Waals surface area contributed by atoms with Crippen molar-refractivity contribution in [2.45, 2.75) is 19.4 Å². The van der Waals surface area contributed by atoms with E-state index >= 15 is 0 Å². The number of nitrogens with zero attached hydrogens (tertiary/aromatic N) is 6. The Hall–Kier alpha value is -2.28. The van der Waals surface area contributed by atoms with Crippen molar-refractivity contribution in [1.29, 1.82) is 0 Å². The summed E-state index contributed by atoms with van der Waals surface area (Å²) in [5.74, 6) is 0.954. The van der Waals surface area contributed by atoms with Crippen molar-refractivity contribution in [1.82, 2.24) is 29.4 Å². The minimum atomic E-state index is 0.158. The Labute approximate surface area is 134 Å². The first-order chi connectivity index (χ1) is 10.7. The molecule has 22 heavy (non-hydrogen) atoms. The fourth-order valence-electron chi connectivity index (χ4n) is 2.51. The lowest BCUT2D eigenvalue weighted by Gasteiger charge is -2.06. The van der Waals surface area contributed by atoms with E-state index in [1.165, 1.54) is 0 Å². The van der Waals surface area contributed by atoms with E-state index in [9.17, 15) is 0 Å². The highest BCUT2D eigenvalue weighted by molar-refractivity contribution is 9.10. The highest BCUT2D eigenvalue weighted by Crippen LogP contribution is 2.20. The molecule has 0 N–H and O–H groups in total. The fraction of sp³-hybridized carbons (Fsp3) is 0.200. The Morgan fingerprint density at radius 2 is 2.14 bits per heavy atom. The van der Waals surface area contributed by atoms with Gasteiger partial charge in [-0.15, -0.1) is 5.10 Å². The number of rotatable bonds is 3. The molecular weight excluding hydrogens is 344 g/mol. The maximum atomic E-state index is 4.70. The van der Waals surface area contributed by atoms with Gasteiger partial charge in [-0.25, -0.2) is 14.5 Å². The van der Waals surface area contributed by atoms with Gasteiger partial charge in [-0.2, -0.15) is 5.10 Å². The van der Waals surface area contributed by atoms with E-state index < -0.39 is 0 Å². The molecule has 0 aliphatic heterocycles. The van der Waals surface area contributed by atoms with E-state index in [0.29, 0.717) is 0 Å². The van der Waals surface area contributed by atoms with E-state index in [1.807, 2.05) is 35.1 Å². The fourth-order valence-corrected chi connectivity index (χ4v) is 2.83. The summed E-state index contributed by atoms with van der Waals surface area (Å²) >= 11 is 3.41. The van der Waals surface area contributed by atoms with Gasteiger partial charge in [0.2, 0.25) is 0 Å². The molecule has 0 aliphatic rings. The van der Waals surface area contributed by atoms with Crippen molar-refractivity contribution >= 4 is 32.5 Å². The lowest BCUT2D eigenvalue weighted by Crippen LogP contribution is -2.08. The number of hydrogen-bond acceptors (Lipinski definition) is 4. The van der Waals surface area contributed by atoms with Crippen LogP contribution in [0.1, 0.15) is 18.7 Å². The van der Waals surface area contributed by atoms with Crippen molar-refractivity contribution in [2.75, 3.05) is 0 Å². The minimum Gasteiger partial charge on any atom is -0.271 e. The zero-order valence-corrected chi connectivity index (χ0v) is 13.5. The molecule has 1 atom stereocenters. The van der Waals surface area contributed by atoms with Gasteiger partial charge in [0.15, 0.2) is 11.5 Å². The number of fused-ring (bicyclic) bond motifs is 3. The third-order valence-corrected chi connectivity index (χ3v) is 4.01. The first kappa shape index (κ1) is 13.4. The van der Waals surface area contributed by atoms with Crippen LogP contribution in [-0.2, 0) is 6.54 Å². The quantitative estimate of drug-likeness (QED) is 0.566. The molecule has 6 nitrogen and oxygen atoms in total. The molecule has 7 heteroatoms. The van der Waals surface area contributed by atoms with Gasteiger partial charge in [-0.05, 0) is 28.1 Å². The third kappa shape index (κ3) is 2.27. The van der Waals surface area contributed by atoms with Crippen molar-refractivity contribution in [3.63, 3.8) is 0 Å². The summed E-state index contributed by atoms with van der Waals surface area (Å²) in [5.41, 5.74) is 1.77. The molecule has 0 spiro atoms. The Morgan fingerprint density at radius 1 is 1.27 bits per heavy atom. The van der Waals surface area contributed by atoms with Gasteiger partial charge >= 0.3 is 0 Å². The SMILES string of the molecule is C[C@@H](Cn1cc(Br)cn1)c1nc2c3ccccc3ncn2n1. The Bertz CT molecular complexity index is 957. The molecule has 0 aliphatic carbocycles. The van der Waals surface area contributed by atoms with Crippen LogP contribution in [0.15, 0.2) is 47.5 Å². The van der Waals surface area contributed by atoms with Gasteiger partial charge in [-0.3, -0.25) is 4.68 Å². The minimum absolute atomic E-state index is 0.158. The van der Waals surface area contributed by atoms with Crippen LogP contribution in [0.2, 0.25) is 0 Å². The summed E-state index contributed by atoms with van der Waals surface area (Å²) in [6.45, 7) is 2.83. The van der Waals surface area contributed by atoms with Crippen LogP contribution in [0.25, 0.3) is 16.6 Å². The van der Waals surface area contributed by atoms with E-state index in [4.69, 9.17) is 4.98 Å². The number of benzene rings is 1. The van der Waals surface area contributed by atoms with Crippen LogP contribution in [0.5, 0.6) is 0 Å². The Kier molecular flexibility index (Phi) is 3.15. The average molecular weight is 357 g/mol. The van der Waals surface area contributed by atoms with Gasteiger partial charge in [0, 0.05) is 17.5 Å². The number of hydrogen-bond donors (Lipinski definition) is 0. The average Bonchev–Trinajstić information content (AvgIpc) is 3.13. The van der Waals surface area contributed by atoms with Crippen molar-refractivity contribution in [3.8, 4) is 0 Å². The molecule has 0 unspecified atom stereocenters. The number of aromatic nitrogens is 6. The molecule has 3 aromatic heterocycles. The van der Waals surface area contributed by atoms with Gasteiger partial charge in [0.05, 0.1) is 22.7 Å². The van der Waals surface area contributed by atoms with Crippen LogP contribution in [-0.4, -0.2) is 29.4 Å². The smallest absolute Gasteiger partial charge is 0.166 e. The van der Waals surface area contributed by atoms with Crippen LogP contribution >= 0.6 is 15.9 Å². The lowest BCUT2D eigenvalue weighted by molar-refractivity contribution is 0.524.